The van der Waals surface area contributed by atoms with Crippen molar-refractivity contribution in [3.05, 3.63) is 59.3 Å². The van der Waals surface area contributed by atoms with E-state index < -0.39 is 5.91 Å². The van der Waals surface area contributed by atoms with E-state index in [1.54, 1.807) is 22.7 Å². The van der Waals surface area contributed by atoms with E-state index in [0.717, 1.165) is 11.3 Å². The highest BCUT2D eigenvalue weighted by Crippen LogP contribution is 2.21. The van der Waals surface area contributed by atoms with Crippen LogP contribution in [0.1, 0.15) is 25.6 Å². The van der Waals surface area contributed by atoms with Crippen LogP contribution in [-0.4, -0.2) is 40.3 Å². The lowest BCUT2D eigenvalue weighted by Crippen LogP contribution is -2.32. The Morgan fingerprint density at radius 2 is 2.14 bits per heavy atom. The maximum atomic E-state index is 12.9. The summed E-state index contributed by atoms with van der Waals surface area (Å²) in [5.74, 6) is 0.687. The minimum absolute atomic E-state index is 0.0429. The van der Waals surface area contributed by atoms with Crippen LogP contribution in [0.3, 0.4) is 0 Å². The molecule has 0 radical (unpaired) electrons. The van der Waals surface area contributed by atoms with E-state index in [4.69, 9.17) is 0 Å². The van der Waals surface area contributed by atoms with Crippen LogP contribution >= 0.6 is 0 Å². The number of rotatable bonds is 5. The molecule has 0 aliphatic heterocycles. The Morgan fingerprint density at radius 3 is 2.82 bits per heavy atom. The van der Waals surface area contributed by atoms with Crippen LogP contribution < -0.4 is 10.9 Å². The van der Waals surface area contributed by atoms with Crippen molar-refractivity contribution in [2.75, 3.05) is 5.32 Å². The van der Waals surface area contributed by atoms with E-state index in [2.05, 4.69) is 30.6 Å². The molecule has 0 fully saturated rings. The topological polar surface area (TPSA) is 123 Å². The van der Waals surface area contributed by atoms with E-state index in [1.165, 1.54) is 17.2 Å². The summed E-state index contributed by atoms with van der Waals surface area (Å²) in [6.07, 6.45) is 6.35. The fraction of sp³-hybridized carbons (Fsp3) is 0.222. The summed E-state index contributed by atoms with van der Waals surface area (Å²) >= 11 is 0. The van der Waals surface area contributed by atoms with Gasteiger partial charge in [-0.05, 0) is 18.2 Å². The molecular weight excluding hydrogens is 360 g/mol. The van der Waals surface area contributed by atoms with Gasteiger partial charge in [-0.15, -0.1) is 0 Å². The van der Waals surface area contributed by atoms with Gasteiger partial charge in [0.2, 0.25) is 5.91 Å². The number of hydrogen-bond donors (Lipinski definition) is 2. The summed E-state index contributed by atoms with van der Waals surface area (Å²) < 4.78 is 2.94. The predicted octanol–water partition coefficient (Wildman–Crippen LogP) is 1.44. The Morgan fingerprint density at radius 1 is 1.29 bits per heavy atom. The smallest absolute Gasteiger partial charge is 0.291 e. The predicted molar refractivity (Wildman–Crippen MR) is 102 cm³/mol. The van der Waals surface area contributed by atoms with Crippen LogP contribution in [0, 0.1) is 0 Å². The SMILES string of the molecule is CC(C)c1nn(CC(=O)Nc2ccncn2)c(=O)c2cc(-c3ccn[nH]3)cn12. The molecule has 4 rings (SSSR count). The minimum atomic E-state index is -0.396. The number of nitrogens with one attached hydrogen (secondary N) is 2. The van der Waals surface area contributed by atoms with Gasteiger partial charge in [-0.1, -0.05) is 13.8 Å². The molecule has 2 N–H and O–H groups in total. The highest BCUT2D eigenvalue weighted by atomic mass is 16.2. The first-order valence-corrected chi connectivity index (χ1v) is 8.71. The second kappa shape index (κ2) is 7.06. The molecule has 0 saturated heterocycles. The van der Waals surface area contributed by atoms with Crippen molar-refractivity contribution >= 4 is 17.2 Å². The van der Waals surface area contributed by atoms with Gasteiger partial charge in [-0.2, -0.15) is 10.2 Å². The summed E-state index contributed by atoms with van der Waals surface area (Å²) in [5.41, 5.74) is 1.71. The number of carbonyl (C=O) groups excluding carboxylic acids is 1. The van der Waals surface area contributed by atoms with Crippen molar-refractivity contribution in [3.8, 4) is 11.3 Å². The van der Waals surface area contributed by atoms with Gasteiger partial charge in [0, 0.05) is 30.1 Å². The lowest BCUT2D eigenvalue weighted by Gasteiger charge is -2.12. The molecule has 10 heteroatoms. The zero-order valence-corrected chi connectivity index (χ0v) is 15.3. The number of nitrogens with zero attached hydrogens (tertiary/aromatic N) is 6. The van der Waals surface area contributed by atoms with Crippen LogP contribution in [0.4, 0.5) is 5.82 Å². The third-order valence-electron chi connectivity index (χ3n) is 4.21. The van der Waals surface area contributed by atoms with Crippen LogP contribution in [0.15, 0.2) is 47.9 Å². The molecule has 0 aliphatic carbocycles. The van der Waals surface area contributed by atoms with Gasteiger partial charge >= 0.3 is 0 Å². The van der Waals surface area contributed by atoms with Crippen LogP contribution in [0.5, 0.6) is 0 Å². The van der Waals surface area contributed by atoms with Gasteiger partial charge in [0.25, 0.3) is 5.56 Å². The molecule has 1 amide bonds. The highest BCUT2D eigenvalue weighted by molar-refractivity contribution is 5.89. The van der Waals surface area contributed by atoms with E-state index in [9.17, 15) is 9.59 Å². The van der Waals surface area contributed by atoms with E-state index in [1.807, 2.05) is 26.1 Å². The standard InChI is InChI=1S/C18H18N8O2/c1-11(2)17-24-26(9-16(27)22-15-4-5-19-10-20-15)18(28)14-7-12(8-25(14)17)13-3-6-21-23-13/h3-8,10-11H,9H2,1-2H3,(H,21,23)(H,19,20,22,27). The zero-order valence-electron chi connectivity index (χ0n) is 15.3. The van der Waals surface area contributed by atoms with E-state index in [-0.39, 0.29) is 18.0 Å². The average Bonchev–Trinajstić information content (AvgIpc) is 3.34. The number of aromatic nitrogens is 7. The summed E-state index contributed by atoms with van der Waals surface area (Å²) in [6.45, 7) is 3.74. The molecule has 28 heavy (non-hydrogen) atoms. The Kier molecular flexibility index (Phi) is 4.44. The lowest BCUT2D eigenvalue weighted by molar-refractivity contribution is -0.117. The number of H-pyrrole nitrogens is 1. The monoisotopic (exact) mass is 378 g/mol. The van der Waals surface area contributed by atoms with Gasteiger partial charge in [-0.25, -0.2) is 14.6 Å². The van der Waals surface area contributed by atoms with Gasteiger partial charge in [0.15, 0.2) is 0 Å². The molecule has 0 unspecified atom stereocenters. The van der Waals surface area contributed by atoms with Crippen molar-refractivity contribution in [3.63, 3.8) is 0 Å². The fourth-order valence-corrected chi connectivity index (χ4v) is 2.91. The maximum Gasteiger partial charge on any atom is 0.291 e. The molecule has 0 aromatic carbocycles. The fourth-order valence-electron chi connectivity index (χ4n) is 2.91. The molecule has 0 atom stereocenters. The van der Waals surface area contributed by atoms with Crippen molar-refractivity contribution in [1.29, 1.82) is 0 Å². The quantitative estimate of drug-likeness (QED) is 0.542. The molecular formula is C18H18N8O2. The van der Waals surface area contributed by atoms with E-state index in [0.29, 0.717) is 17.2 Å². The lowest BCUT2D eigenvalue weighted by atomic mass is 10.2. The Bertz CT molecular complexity index is 1180. The highest BCUT2D eigenvalue weighted by Gasteiger charge is 2.17. The molecule has 0 spiro atoms. The molecule has 0 bridgehead atoms. The number of anilines is 1. The molecule has 10 nitrogen and oxygen atoms in total. The van der Waals surface area contributed by atoms with Crippen molar-refractivity contribution in [2.45, 2.75) is 26.3 Å². The van der Waals surface area contributed by atoms with Crippen molar-refractivity contribution in [1.82, 2.24) is 34.3 Å². The largest absolute Gasteiger partial charge is 0.309 e. The second-order valence-corrected chi connectivity index (χ2v) is 6.57. The van der Waals surface area contributed by atoms with Gasteiger partial charge in [-0.3, -0.25) is 19.1 Å². The van der Waals surface area contributed by atoms with Gasteiger partial charge in [0.1, 0.15) is 30.0 Å². The molecule has 4 heterocycles. The maximum absolute atomic E-state index is 12.9. The Labute approximate surface area is 159 Å². The van der Waals surface area contributed by atoms with Crippen molar-refractivity contribution in [2.24, 2.45) is 0 Å². The second-order valence-electron chi connectivity index (χ2n) is 6.57. The zero-order chi connectivity index (χ0) is 19.7. The molecule has 0 aliphatic rings. The van der Waals surface area contributed by atoms with E-state index >= 15 is 0 Å². The first kappa shape index (κ1) is 17.6. The van der Waals surface area contributed by atoms with Crippen molar-refractivity contribution < 1.29 is 4.79 Å². The number of amides is 1. The molecule has 4 aromatic heterocycles. The minimum Gasteiger partial charge on any atom is -0.309 e. The number of fused-ring (bicyclic) bond motifs is 1. The first-order valence-electron chi connectivity index (χ1n) is 8.71. The molecule has 142 valence electrons. The number of aromatic amines is 1. The third-order valence-corrected chi connectivity index (χ3v) is 4.21. The summed E-state index contributed by atoms with van der Waals surface area (Å²) in [7, 11) is 0. The Balaban J connectivity index is 1.73. The molecule has 4 aromatic rings. The summed E-state index contributed by atoms with van der Waals surface area (Å²) in [5, 5.41) is 13.9. The van der Waals surface area contributed by atoms with Crippen LogP contribution in [-0.2, 0) is 11.3 Å². The van der Waals surface area contributed by atoms with Crippen LogP contribution in [0.25, 0.3) is 16.8 Å². The number of carbonyl (C=O) groups is 1. The normalized spacial score (nSPS) is 11.2. The average molecular weight is 378 g/mol. The number of hydrogen-bond acceptors (Lipinski definition) is 6. The van der Waals surface area contributed by atoms with Gasteiger partial charge < -0.3 is 5.32 Å². The van der Waals surface area contributed by atoms with Gasteiger partial charge in [0.05, 0.1) is 5.69 Å². The Hall–Kier alpha value is -3.82. The summed E-state index contributed by atoms with van der Waals surface area (Å²) in [4.78, 5) is 33.0. The summed E-state index contributed by atoms with van der Waals surface area (Å²) in [6, 6.07) is 5.16. The first-order chi connectivity index (χ1) is 13.5. The van der Waals surface area contributed by atoms with Crippen LogP contribution in [0.2, 0.25) is 0 Å². The third kappa shape index (κ3) is 3.27. The molecule has 0 saturated carbocycles.